The summed E-state index contributed by atoms with van der Waals surface area (Å²) in [5, 5.41) is 3.62. The van der Waals surface area contributed by atoms with Gasteiger partial charge in [-0.15, -0.1) is 0 Å². The number of benzene rings is 1. The van der Waals surface area contributed by atoms with E-state index in [1.165, 1.54) is 51.4 Å². The molecule has 2 atom stereocenters. The summed E-state index contributed by atoms with van der Waals surface area (Å²) >= 11 is 0. The third-order valence-corrected chi connectivity index (χ3v) is 5.52. The first kappa shape index (κ1) is 15.8. The fraction of sp³-hybridized carbons (Fsp3) is 0.650. The second-order valence-corrected chi connectivity index (χ2v) is 8.06. The SMILES string of the molecule is CC1(C)CCC[C](C2CCCC(Nc3ccc(F)cc3)C2)C1. The van der Waals surface area contributed by atoms with Crippen molar-refractivity contribution in [3.8, 4) is 0 Å². The van der Waals surface area contributed by atoms with Gasteiger partial charge in [0.1, 0.15) is 5.82 Å². The Bertz CT molecular complexity index is 479. The topological polar surface area (TPSA) is 12.0 Å². The van der Waals surface area contributed by atoms with Crippen LogP contribution in [0.5, 0.6) is 0 Å². The molecule has 1 N–H and O–H groups in total. The Morgan fingerprint density at radius 3 is 2.59 bits per heavy atom. The Balaban J connectivity index is 1.58. The summed E-state index contributed by atoms with van der Waals surface area (Å²) in [4.78, 5) is 0. The first-order chi connectivity index (χ1) is 10.5. The maximum atomic E-state index is 13.0. The van der Waals surface area contributed by atoms with E-state index >= 15 is 0 Å². The van der Waals surface area contributed by atoms with Crippen LogP contribution in [-0.4, -0.2) is 6.04 Å². The number of hydrogen-bond donors (Lipinski definition) is 1. The molecule has 1 aromatic carbocycles. The predicted molar refractivity (Wildman–Crippen MR) is 91.3 cm³/mol. The minimum atomic E-state index is -0.160. The van der Waals surface area contributed by atoms with Gasteiger partial charge in [0.15, 0.2) is 0 Å². The Morgan fingerprint density at radius 1 is 1.09 bits per heavy atom. The molecule has 0 saturated heterocycles. The van der Waals surface area contributed by atoms with E-state index in [-0.39, 0.29) is 5.82 Å². The first-order valence-corrected chi connectivity index (χ1v) is 8.88. The fourth-order valence-corrected chi connectivity index (χ4v) is 4.41. The maximum absolute atomic E-state index is 13.0. The van der Waals surface area contributed by atoms with Crippen molar-refractivity contribution < 1.29 is 4.39 Å². The molecule has 1 radical (unpaired) electrons. The highest BCUT2D eigenvalue weighted by atomic mass is 19.1. The van der Waals surface area contributed by atoms with Crippen LogP contribution in [0.4, 0.5) is 10.1 Å². The van der Waals surface area contributed by atoms with Crippen LogP contribution in [0.15, 0.2) is 24.3 Å². The lowest BCUT2D eigenvalue weighted by Gasteiger charge is -2.42. The van der Waals surface area contributed by atoms with E-state index < -0.39 is 0 Å². The second-order valence-electron chi connectivity index (χ2n) is 8.06. The zero-order valence-electron chi connectivity index (χ0n) is 14.0. The maximum Gasteiger partial charge on any atom is 0.123 e. The average molecular weight is 302 g/mol. The molecule has 0 aromatic heterocycles. The van der Waals surface area contributed by atoms with Crippen molar-refractivity contribution in [3.05, 3.63) is 36.0 Å². The molecule has 2 heteroatoms. The molecule has 0 aliphatic heterocycles. The molecule has 0 amide bonds. The highest BCUT2D eigenvalue weighted by molar-refractivity contribution is 5.43. The summed E-state index contributed by atoms with van der Waals surface area (Å²) in [7, 11) is 0. The van der Waals surface area contributed by atoms with Gasteiger partial charge in [0.2, 0.25) is 0 Å². The molecule has 2 aliphatic rings. The zero-order valence-corrected chi connectivity index (χ0v) is 14.0. The Kier molecular flexibility index (Phi) is 4.75. The van der Waals surface area contributed by atoms with Crippen LogP contribution >= 0.6 is 0 Å². The van der Waals surface area contributed by atoms with Gasteiger partial charge in [0, 0.05) is 11.7 Å². The van der Waals surface area contributed by atoms with Gasteiger partial charge in [0.25, 0.3) is 0 Å². The molecule has 0 spiro atoms. The van der Waals surface area contributed by atoms with E-state index in [9.17, 15) is 4.39 Å². The molecule has 2 unspecified atom stereocenters. The standard InChI is InChI=1S/C20H29FN/c1-20(2)12-4-6-16(14-20)15-5-3-7-19(13-15)22-18-10-8-17(21)9-11-18/h8-11,15,19,22H,3-7,12-14H2,1-2H3. The molecule has 0 bridgehead atoms. The van der Waals surface area contributed by atoms with Crippen molar-refractivity contribution >= 4 is 5.69 Å². The van der Waals surface area contributed by atoms with Gasteiger partial charge < -0.3 is 5.32 Å². The van der Waals surface area contributed by atoms with Crippen LogP contribution < -0.4 is 5.32 Å². The summed E-state index contributed by atoms with van der Waals surface area (Å²) in [5.41, 5.74) is 1.56. The summed E-state index contributed by atoms with van der Waals surface area (Å²) in [6.45, 7) is 4.84. The third kappa shape index (κ3) is 4.02. The molecule has 2 fully saturated rings. The monoisotopic (exact) mass is 302 g/mol. The molecule has 2 saturated carbocycles. The largest absolute Gasteiger partial charge is 0.382 e. The first-order valence-electron chi connectivity index (χ1n) is 8.88. The lowest BCUT2D eigenvalue weighted by molar-refractivity contribution is 0.212. The van der Waals surface area contributed by atoms with E-state index in [0.717, 1.165) is 11.6 Å². The van der Waals surface area contributed by atoms with Crippen LogP contribution in [-0.2, 0) is 0 Å². The lowest BCUT2D eigenvalue weighted by Crippen LogP contribution is -2.33. The number of nitrogens with one attached hydrogen (secondary N) is 1. The minimum Gasteiger partial charge on any atom is -0.382 e. The van der Waals surface area contributed by atoms with Gasteiger partial charge in [0.05, 0.1) is 0 Å². The van der Waals surface area contributed by atoms with Crippen molar-refractivity contribution in [2.24, 2.45) is 11.3 Å². The van der Waals surface area contributed by atoms with Crippen molar-refractivity contribution in [1.29, 1.82) is 0 Å². The number of anilines is 1. The van der Waals surface area contributed by atoms with Crippen LogP contribution in [0, 0.1) is 23.1 Å². The van der Waals surface area contributed by atoms with Crippen molar-refractivity contribution in [2.75, 3.05) is 5.32 Å². The molecule has 1 nitrogen and oxygen atoms in total. The van der Waals surface area contributed by atoms with Crippen LogP contribution in [0.2, 0.25) is 0 Å². The highest BCUT2D eigenvalue weighted by Crippen LogP contribution is 2.46. The Labute approximate surface area is 134 Å². The summed E-state index contributed by atoms with van der Waals surface area (Å²) in [5.74, 6) is 2.46. The normalized spacial score (nSPS) is 29.2. The van der Waals surface area contributed by atoms with Crippen molar-refractivity contribution in [3.63, 3.8) is 0 Å². The molecule has 0 heterocycles. The molecule has 1 aromatic rings. The quantitative estimate of drug-likeness (QED) is 0.725. The summed E-state index contributed by atoms with van der Waals surface area (Å²) < 4.78 is 13.0. The fourth-order valence-electron chi connectivity index (χ4n) is 4.41. The van der Waals surface area contributed by atoms with Crippen LogP contribution in [0.25, 0.3) is 0 Å². The van der Waals surface area contributed by atoms with Crippen molar-refractivity contribution in [2.45, 2.75) is 71.3 Å². The van der Waals surface area contributed by atoms with Gasteiger partial charge in [-0.25, -0.2) is 4.39 Å². The molecule has 3 rings (SSSR count). The van der Waals surface area contributed by atoms with Crippen LogP contribution in [0.1, 0.15) is 65.2 Å². The average Bonchev–Trinajstić information content (AvgIpc) is 2.49. The van der Waals surface area contributed by atoms with Crippen molar-refractivity contribution in [1.82, 2.24) is 0 Å². The summed E-state index contributed by atoms with van der Waals surface area (Å²) in [6.07, 6.45) is 10.6. The van der Waals surface area contributed by atoms with Crippen LogP contribution in [0.3, 0.4) is 0 Å². The van der Waals surface area contributed by atoms with E-state index in [1.54, 1.807) is 12.1 Å². The van der Waals surface area contributed by atoms with Gasteiger partial charge in [-0.1, -0.05) is 26.7 Å². The van der Waals surface area contributed by atoms with E-state index in [1.807, 2.05) is 18.1 Å². The zero-order chi connectivity index (χ0) is 15.6. The Morgan fingerprint density at radius 2 is 1.86 bits per heavy atom. The van der Waals surface area contributed by atoms with E-state index in [0.29, 0.717) is 11.5 Å². The van der Waals surface area contributed by atoms with E-state index in [2.05, 4.69) is 19.2 Å². The molecule has 22 heavy (non-hydrogen) atoms. The molecular formula is C20H29FN. The third-order valence-electron chi connectivity index (χ3n) is 5.52. The number of halogens is 1. The molecule has 2 aliphatic carbocycles. The van der Waals surface area contributed by atoms with Gasteiger partial charge in [-0.05, 0) is 80.0 Å². The molecular weight excluding hydrogens is 273 g/mol. The number of hydrogen-bond acceptors (Lipinski definition) is 1. The summed E-state index contributed by atoms with van der Waals surface area (Å²) in [6, 6.07) is 7.34. The van der Waals surface area contributed by atoms with Gasteiger partial charge >= 0.3 is 0 Å². The lowest BCUT2D eigenvalue weighted by atomic mass is 9.65. The number of rotatable bonds is 3. The van der Waals surface area contributed by atoms with E-state index in [4.69, 9.17) is 0 Å². The van der Waals surface area contributed by atoms with Gasteiger partial charge in [-0.3, -0.25) is 0 Å². The minimum absolute atomic E-state index is 0.160. The predicted octanol–water partition coefficient (Wildman–Crippen LogP) is 5.97. The second kappa shape index (κ2) is 6.60. The molecule has 121 valence electrons. The highest BCUT2D eigenvalue weighted by Gasteiger charge is 2.35. The Hall–Kier alpha value is -1.05. The smallest absolute Gasteiger partial charge is 0.123 e. The van der Waals surface area contributed by atoms with Gasteiger partial charge in [-0.2, -0.15) is 0 Å².